The van der Waals surface area contributed by atoms with Crippen LogP contribution in [0.4, 0.5) is 5.00 Å². The van der Waals surface area contributed by atoms with E-state index in [1.165, 1.54) is 17.7 Å². The molecular formula is C22H33N5O2S. The Kier molecular flexibility index (Phi) is 6.55. The first kappa shape index (κ1) is 21.5. The second-order valence-electron chi connectivity index (χ2n) is 8.80. The van der Waals surface area contributed by atoms with Crippen LogP contribution in [0.3, 0.4) is 0 Å². The number of rotatable bonds is 10. The lowest BCUT2D eigenvalue weighted by Gasteiger charge is -2.35. The summed E-state index contributed by atoms with van der Waals surface area (Å²) in [4.78, 5) is 33.3. The Hall–Kier alpha value is -1.77. The molecule has 30 heavy (non-hydrogen) atoms. The average molecular weight is 432 g/mol. The van der Waals surface area contributed by atoms with E-state index >= 15 is 0 Å². The number of amides is 2. The van der Waals surface area contributed by atoms with Gasteiger partial charge in [-0.25, -0.2) is 0 Å². The molecule has 4 rings (SSSR count). The highest BCUT2D eigenvalue weighted by molar-refractivity contribution is 7.17. The van der Waals surface area contributed by atoms with Crippen LogP contribution in [0.2, 0.25) is 0 Å². The minimum absolute atomic E-state index is 0.0427. The third kappa shape index (κ3) is 4.76. The minimum Gasteiger partial charge on any atom is -0.352 e. The van der Waals surface area contributed by atoms with E-state index in [9.17, 15) is 9.59 Å². The number of fused-ring (bicyclic) bond motifs is 1. The first-order valence-electron chi connectivity index (χ1n) is 11.2. The molecule has 0 radical (unpaired) electrons. The van der Waals surface area contributed by atoms with E-state index in [1.807, 2.05) is 0 Å². The zero-order valence-electron chi connectivity index (χ0n) is 18.0. The number of aryl methyl sites for hydroxylation is 1. The van der Waals surface area contributed by atoms with Crippen molar-refractivity contribution in [1.82, 2.24) is 15.5 Å². The molecule has 0 saturated heterocycles. The number of nitrogens with zero attached hydrogens (tertiary/aromatic N) is 2. The Morgan fingerprint density at radius 2 is 2.03 bits per heavy atom. The number of carbonyl (C=O) groups is 2. The molecule has 8 heteroatoms. The molecule has 2 amide bonds. The van der Waals surface area contributed by atoms with Gasteiger partial charge in [0, 0.05) is 23.4 Å². The summed E-state index contributed by atoms with van der Waals surface area (Å²) < 4.78 is 0. The summed E-state index contributed by atoms with van der Waals surface area (Å²) in [5.41, 5.74) is 1.79. The molecule has 164 valence electrons. The van der Waals surface area contributed by atoms with Crippen molar-refractivity contribution in [2.45, 2.75) is 64.2 Å². The second-order valence-corrected chi connectivity index (χ2v) is 9.91. The summed E-state index contributed by atoms with van der Waals surface area (Å²) in [5, 5.41) is 10.3. The highest BCUT2D eigenvalue weighted by Crippen LogP contribution is 2.41. The molecular weight excluding hydrogens is 398 g/mol. The number of aliphatic imine (C=N–C) groups is 1. The Morgan fingerprint density at radius 3 is 2.67 bits per heavy atom. The summed E-state index contributed by atoms with van der Waals surface area (Å²) in [5.74, 6) is 0.747. The van der Waals surface area contributed by atoms with Crippen molar-refractivity contribution in [2.24, 2.45) is 16.8 Å². The first-order valence-corrected chi connectivity index (χ1v) is 12.0. The third-order valence-corrected chi connectivity index (χ3v) is 7.62. The number of thiophene rings is 1. The Morgan fingerprint density at radius 1 is 1.27 bits per heavy atom. The quantitative estimate of drug-likeness (QED) is 0.393. The highest BCUT2D eigenvalue weighted by Gasteiger charge is 2.35. The maximum Gasteiger partial charge on any atom is 0.254 e. The molecule has 1 aromatic rings. The zero-order chi connectivity index (χ0) is 21.3. The van der Waals surface area contributed by atoms with Crippen LogP contribution in [0.5, 0.6) is 0 Å². The van der Waals surface area contributed by atoms with Crippen molar-refractivity contribution in [1.29, 1.82) is 0 Å². The third-order valence-electron chi connectivity index (χ3n) is 6.42. The second kappa shape index (κ2) is 9.16. The van der Waals surface area contributed by atoms with Gasteiger partial charge in [0.05, 0.1) is 5.56 Å². The van der Waals surface area contributed by atoms with Crippen LogP contribution in [0.15, 0.2) is 4.99 Å². The molecule has 0 aliphatic heterocycles. The summed E-state index contributed by atoms with van der Waals surface area (Å²) in [6, 6.07) is 0.267. The van der Waals surface area contributed by atoms with Gasteiger partial charge < -0.3 is 10.6 Å². The first-order chi connectivity index (χ1) is 14.5. The summed E-state index contributed by atoms with van der Waals surface area (Å²) in [7, 11) is 2.06. The zero-order valence-corrected chi connectivity index (χ0v) is 18.8. The fourth-order valence-corrected chi connectivity index (χ4v) is 5.41. The van der Waals surface area contributed by atoms with Gasteiger partial charge in [-0.3, -0.25) is 24.8 Å². The normalized spacial score (nSPS) is 21.8. The standard InChI is InChI=1S/C22H33N5O2S/c1-4-24-22(23-2)27(3)15-9-10-17-16(11-15)18(20(29)25-12-13-5-6-13)21(30-17)26-19(28)14-7-8-14/h13-15,22,24H,2,4-12H2,1,3H3,(H,25,29)(H,26,28). The predicted octanol–water partition coefficient (Wildman–Crippen LogP) is 2.62. The van der Waals surface area contributed by atoms with Gasteiger partial charge in [0.2, 0.25) is 5.91 Å². The van der Waals surface area contributed by atoms with E-state index in [0.717, 1.165) is 55.8 Å². The lowest BCUT2D eigenvalue weighted by Crippen LogP contribution is -2.49. The molecule has 7 nitrogen and oxygen atoms in total. The van der Waals surface area contributed by atoms with Crippen LogP contribution in [0.1, 0.15) is 59.8 Å². The molecule has 2 saturated carbocycles. The molecule has 2 fully saturated rings. The van der Waals surface area contributed by atoms with Gasteiger partial charge in [0.15, 0.2) is 6.29 Å². The maximum atomic E-state index is 13.2. The number of anilines is 1. The summed E-state index contributed by atoms with van der Waals surface area (Å²) >= 11 is 1.59. The number of carbonyl (C=O) groups excluding carboxylic acids is 2. The van der Waals surface area contributed by atoms with Crippen molar-refractivity contribution < 1.29 is 9.59 Å². The molecule has 3 N–H and O–H groups in total. The van der Waals surface area contributed by atoms with E-state index in [2.05, 4.69) is 46.5 Å². The van der Waals surface area contributed by atoms with Crippen LogP contribution in [-0.2, 0) is 17.6 Å². The van der Waals surface area contributed by atoms with E-state index < -0.39 is 0 Å². The van der Waals surface area contributed by atoms with Crippen molar-refractivity contribution in [3.8, 4) is 0 Å². The van der Waals surface area contributed by atoms with Crippen molar-refractivity contribution in [3.63, 3.8) is 0 Å². The fourth-order valence-electron chi connectivity index (χ4n) is 4.17. The van der Waals surface area contributed by atoms with Gasteiger partial charge in [-0.2, -0.15) is 0 Å². The topological polar surface area (TPSA) is 85.8 Å². The van der Waals surface area contributed by atoms with Crippen molar-refractivity contribution >= 4 is 34.9 Å². The van der Waals surface area contributed by atoms with Crippen LogP contribution in [-0.4, -0.2) is 55.9 Å². The summed E-state index contributed by atoms with van der Waals surface area (Å²) in [6.45, 7) is 7.33. The predicted molar refractivity (Wildman–Crippen MR) is 121 cm³/mol. The van der Waals surface area contributed by atoms with Gasteiger partial charge in [-0.05, 0) is 76.7 Å². The number of hydrogen-bond donors (Lipinski definition) is 3. The average Bonchev–Trinajstić information content (AvgIpc) is 3.65. The minimum atomic E-state index is -0.138. The van der Waals surface area contributed by atoms with E-state index in [-0.39, 0.29) is 30.1 Å². The Bertz CT molecular complexity index is 815. The lowest BCUT2D eigenvalue weighted by molar-refractivity contribution is -0.117. The van der Waals surface area contributed by atoms with E-state index in [4.69, 9.17) is 0 Å². The Labute approximate surface area is 182 Å². The molecule has 3 aliphatic carbocycles. The van der Waals surface area contributed by atoms with Gasteiger partial charge >= 0.3 is 0 Å². The van der Waals surface area contributed by atoms with Crippen LogP contribution < -0.4 is 16.0 Å². The van der Waals surface area contributed by atoms with Crippen LogP contribution in [0.25, 0.3) is 0 Å². The van der Waals surface area contributed by atoms with Crippen LogP contribution in [0, 0.1) is 11.8 Å². The highest BCUT2D eigenvalue weighted by atomic mass is 32.1. The number of hydrogen-bond acceptors (Lipinski definition) is 6. The van der Waals surface area contributed by atoms with Crippen LogP contribution >= 0.6 is 11.3 Å². The number of nitrogens with one attached hydrogen (secondary N) is 3. The van der Waals surface area contributed by atoms with Gasteiger partial charge in [-0.1, -0.05) is 6.92 Å². The van der Waals surface area contributed by atoms with E-state index in [0.29, 0.717) is 11.5 Å². The molecule has 1 heterocycles. The molecule has 1 aromatic heterocycles. The fraction of sp³-hybridized carbons (Fsp3) is 0.682. The van der Waals surface area contributed by atoms with Gasteiger partial charge in [0.1, 0.15) is 5.00 Å². The van der Waals surface area contributed by atoms with Gasteiger partial charge in [0.25, 0.3) is 5.91 Å². The van der Waals surface area contributed by atoms with Crippen molar-refractivity contribution in [3.05, 3.63) is 16.0 Å². The molecule has 0 spiro atoms. The largest absolute Gasteiger partial charge is 0.352 e. The SMILES string of the molecule is C=NC(NCC)N(C)C1CCc2sc(NC(=O)C3CC3)c(C(=O)NCC3CC3)c2C1. The smallest absolute Gasteiger partial charge is 0.254 e. The number of likely N-dealkylation sites (N-methyl/N-ethyl adjacent to an activating group) is 1. The monoisotopic (exact) mass is 431 g/mol. The maximum absolute atomic E-state index is 13.2. The molecule has 3 aliphatic rings. The summed E-state index contributed by atoms with van der Waals surface area (Å²) in [6.07, 6.45) is 6.85. The molecule has 2 unspecified atom stereocenters. The Balaban J connectivity index is 1.56. The lowest BCUT2D eigenvalue weighted by atomic mass is 9.90. The van der Waals surface area contributed by atoms with Crippen molar-refractivity contribution in [2.75, 3.05) is 25.5 Å². The molecule has 0 aromatic carbocycles. The molecule has 0 bridgehead atoms. The molecule has 2 atom stereocenters. The van der Waals surface area contributed by atoms with Gasteiger partial charge in [-0.15, -0.1) is 11.3 Å². The van der Waals surface area contributed by atoms with E-state index in [1.54, 1.807) is 11.3 Å².